The Hall–Kier alpha value is -1.66. The quantitative estimate of drug-likeness (QED) is 0.751. The molecule has 1 aromatic carbocycles. The van der Waals surface area contributed by atoms with E-state index in [9.17, 15) is 9.18 Å². The third kappa shape index (κ3) is 4.99. The maximum absolute atomic E-state index is 14.0. The number of carbonyl (C=O) groups is 1. The van der Waals surface area contributed by atoms with Crippen LogP contribution in [0.4, 0.5) is 15.8 Å². The molecule has 1 fully saturated rings. The number of rotatable bonds is 6. The van der Waals surface area contributed by atoms with Crippen LogP contribution in [0.1, 0.15) is 26.2 Å². The van der Waals surface area contributed by atoms with Crippen molar-refractivity contribution in [1.29, 1.82) is 0 Å². The predicted molar refractivity (Wildman–Crippen MR) is 80.8 cm³/mol. The summed E-state index contributed by atoms with van der Waals surface area (Å²) in [5.41, 5.74) is 6.39. The first-order chi connectivity index (χ1) is 10.0. The van der Waals surface area contributed by atoms with Crippen molar-refractivity contribution < 1.29 is 13.9 Å². The summed E-state index contributed by atoms with van der Waals surface area (Å²) >= 11 is 0. The van der Waals surface area contributed by atoms with Gasteiger partial charge in [0.1, 0.15) is 5.82 Å². The Morgan fingerprint density at radius 1 is 1.57 bits per heavy atom. The number of benzene rings is 1. The van der Waals surface area contributed by atoms with Crippen LogP contribution in [0.25, 0.3) is 0 Å². The number of carbonyl (C=O) groups excluding carboxylic acids is 1. The number of nitrogens with two attached hydrogens (primary N) is 1. The van der Waals surface area contributed by atoms with Gasteiger partial charge in [0.25, 0.3) is 0 Å². The number of hydrogen-bond donors (Lipinski definition) is 3. The molecule has 0 aliphatic carbocycles. The first-order valence-electron chi connectivity index (χ1n) is 7.25. The third-order valence-corrected chi connectivity index (χ3v) is 3.30. The lowest BCUT2D eigenvalue weighted by Crippen LogP contribution is -2.24. The summed E-state index contributed by atoms with van der Waals surface area (Å²) in [6, 6.07) is 4.37. The molecule has 1 aliphatic rings. The van der Waals surface area contributed by atoms with Gasteiger partial charge in [0.2, 0.25) is 5.91 Å². The minimum atomic E-state index is -0.397. The molecule has 1 aliphatic heterocycles. The SMILES string of the molecule is CC(N)CC(=O)Nc1ccc(NCC2CCCO2)c(F)c1. The van der Waals surface area contributed by atoms with E-state index < -0.39 is 5.82 Å². The molecule has 21 heavy (non-hydrogen) atoms. The van der Waals surface area contributed by atoms with Gasteiger partial charge in [-0.2, -0.15) is 0 Å². The summed E-state index contributed by atoms with van der Waals surface area (Å²) in [7, 11) is 0. The number of ether oxygens (including phenoxy) is 1. The summed E-state index contributed by atoms with van der Waals surface area (Å²) < 4.78 is 19.4. The zero-order valence-corrected chi connectivity index (χ0v) is 12.2. The smallest absolute Gasteiger partial charge is 0.225 e. The van der Waals surface area contributed by atoms with Gasteiger partial charge in [-0.15, -0.1) is 0 Å². The van der Waals surface area contributed by atoms with Crippen LogP contribution in [0.3, 0.4) is 0 Å². The Kier molecular flexibility index (Phi) is 5.52. The van der Waals surface area contributed by atoms with Crippen molar-refractivity contribution in [2.45, 2.75) is 38.3 Å². The molecule has 1 amide bonds. The van der Waals surface area contributed by atoms with E-state index in [-0.39, 0.29) is 24.5 Å². The molecule has 0 radical (unpaired) electrons. The summed E-state index contributed by atoms with van der Waals surface area (Å²) in [4.78, 5) is 11.6. The molecule has 2 rings (SSSR count). The van der Waals surface area contributed by atoms with Crippen LogP contribution >= 0.6 is 0 Å². The highest BCUT2D eigenvalue weighted by atomic mass is 19.1. The van der Waals surface area contributed by atoms with Gasteiger partial charge in [-0.05, 0) is 38.0 Å². The van der Waals surface area contributed by atoms with Gasteiger partial charge in [-0.1, -0.05) is 0 Å². The Bertz CT molecular complexity index is 488. The summed E-state index contributed by atoms with van der Waals surface area (Å²) in [6.07, 6.45) is 2.41. The van der Waals surface area contributed by atoms with Crippen LogP contribution in [-0.4, -0.2) is 31.2 Å². The van der Waals surface area contributed by atoms with Crippen molar-refractivity contribution >= 4 is 17.3 Å². The molecule has 116 valence electrons. The lowest BCUT2D eigenvalue weighted by molar-refractivity contribution is -0.116. The van der Waals surface area contributed by atoms with Crippen molar-refractivity contribution in [3.8, 4) is 0 Å². The number of nitrogens with one attached hydrogen (secondary N) is 2. The second-order valence-electron chi connectivity index (χ2n) is 5.44. The first-order valence-corrected chi connectivity index (χ1v) is 7.25. The van der Waals surface area contributed by atoms with Crippen molar-refractivity contribution in [3.05, 3.63) is 24.0 Å². The Morgan fingerprint density at radius 2 is 2.38 bits per heavy atom. The Morgan fingerprint density at radius 3 is 3.00 bits per heavy atom. The summed E-state index contributed by atoms with van der Waals surface area (Å²) in [5.74, 6) is -0.615. The second-order valence-corrected chi connectivity index (χ2v) is 5.44. The lowest BCUT2D eigenvalue weighted by atomic mass is 10.2. The van der Waals surface area contributed by atoms with Gasteiger partial charge in [0.05, 0.1) is 11.8 Å². The largest absolute Gasteiger partial charge is 0.380 e. The second kappa shape index (κ2) is 7.38. The topological polar surface area (TPSA) is 76.4 Å². The highest BCUT2D eigenvalue weighted by Crippen LogP contribution is 2.20. The number of halogens is 1. The van der Waals surface area contributed by atoms with E-state index >= 15 is 0 Å². The molecule has 0 spiro atoms. The minimum absolute atomic E-state index is 0.148. The van der Waals surface area contributed by atoms with E-state index in [0.29, 0.717) is 17.9 Å². The van der Waals surface area contributed by atoms with Crippen LogP contribution in [-0.2, 0) is 9.53 Å². The fraction of sp³-hybridized carbons (Fsp3) is 0.533. The molecule has 5 nitrogen and oxygen atoms in total. The van der Waals surface area contributed by atoms with E-state index in [1.165, 1.54) is 6.07 Å². The molecule has 6 heteroatoms. The molecular weight excluding hydrogens is 273 g/mol. The molecule has 0 aromatic heterocycles. The zero-order chi connectivity index (χ0) is 15.2. The van der Waals surface area contributed by atoms with Gasteiger partial charge < -0.3 is 21.1 Å². The van der Waals surface area contributed by atoms with E-state index in [2.05, 4.69) is 10.6 Å². The predicted octanol–water partition coefficient (Wildman–Crippen LogP) is 2.09. The number of amides is 1. The number of hydrogen-bond acceptors (Lipinski definition) is 4. The van der Waals surface area contributed by atoms with Crippen molar-refractivity contribution in [2.75, 3.05) is 23.8 Å². The molecule has 0 bridgehead atoms. The highest BCUT2D eigenvalue weighted by molar-refractivity contribution is 5.91. The van der Waals surface area contributed by atoms with Gasteiger partial charge in [0, 0.05) is 31.3 Å². The van der Waals surface area contributed by atoms with E-state index in [4.69, 9.17) is 10.5 Å². The molecule has 0 saturated carbocycles. The number of anilines is 2. The molecule has 2 atom stereocenters. The van der Waals surface area contributed by atoms with E-state index in [1.807, 2.05) is 0 Å². The van der Waals surface area contributed by atoms with Crippen molar-refractivity contribution in [1.82, 2.24) is 0 Å². The monoisotopic (exact) mass is 295 g/mol. The van der Waals surface area contributed by atoms with Crippen LogP contribution < -0.4 is 16.4 Å². The standard InChI is InChI=1S/C15H22FN3O2/c1-10(17)7-15(20)19-11-4-5-14(13(16)8-11)18-9-12-3-2-6-21-12/h4-5,8,10,12,18H,2-3,6-7,9,17H2,1H3,(H,19,20). The van der Waals surface area contributed by atoms with E-state index in [0.717, 1.165) is 19.4 Å². The minimum Gasteiger partial charge on any atom is -0.380 e. The average molecular weight is 295 g/mol. The molecule has 1 aromatic rings. The highest BCUT2D eigenvalue weighted by Gasteiger charge is 2.15. The van der Waals surface area contributed by atoms with Gasteiger partial charge in [-0.3, -0.25) is 4.79 Å². The lowest BCUT2D eigenvalue weighted by Gasteiger charge is -2.13. The molecule has 1 saturated heterocycles. The van der Waals surface area contributed by atoms with Gasteiger partial charge in [0.15, 0.2) is 0 Å². The first kappa shape index (κ1) is 15.7. The average Bonchev–Trinajstić information content (AvgIpc) is 2.89. The van der Waals surface area contributed by atoms with Crippen molar-refractivity contribution in [3.63, 3.8) is 0 Å². The van der Waals surface area contributed by atoms with E-state index in [1.54, 1.807) is 19.1 Å². The normalized spacial score (nSPS) is 19.3. The molecule has 1 heterocycles. The molecule has 2 unspecified atom stereocenters. The Balaban J connectivity index is 1.88. The summed E-state index contributed by atoms with van der Waals surface area (Å²) in [5, 5.41) is 5.66. The fourth-order valence-corrected chi connectivity index (χ4v) is 2.27. The maximum atomic E-state index is 14.0. The van der Waals surface area contributed by atoms with Gasteiger partial charge in [-0.25, -0.2) is 4.39 Å². The Labute approximate surface area is 124 Å². The molecule has 4 N–H and O–H groups in total. The fourth-order valence-electron chi connectivity index (χ4n) is 2.27. The van der Waals surface area contributed by atoms with Crippen LogP contribution in [0.15, 0.2) is 18.2 Å². The zero-order valence-electron chi connectivity index (χ0n) is 12.2. The van der Waals surface area contributed by atoms with Crippen LogP contribution in [0.2, 0.25) is 0 Å². The molecular formula is C15H22FN3O2. The third-order valence-electron chi connectivity index (χ3n) is 3.30. The van der Waals surface area contributed by atoms with Crippen LogP contribution in [0.5, 0.6) is 0 Å². The summed E-state index contributed by atoms with van der Waals surface area (Å²) in [6.45, 7) is 3.12. The maximum Gasteiger partial charge on any atom is 0.225 e. The van der Waals surface area contributed by atoms with Crippen molar-refractivity contribution in [2.24, 2.45) is 5.73 Å². The van der Waals surface area contributed by atoms with Crippen LogP contribution in [0, 0.1) is 5.82 Å². The van der Waals surface area contributed by atoms with Gasteiger partial charge >= 0.3 is 0 Å².